The van der Waals surface area contributed by atoms with Crippen molar-refractivity contribution in [3.8, 4) is 11.6 Å². The predicted octanol–water partition coefficient (Wildman–Crippen LogP) is 2.53. The molecule has 1 saturated carbocycles. The Morgan fingerprint density at radius 1 is 1.50 bits per heavy atom. The second-order valence-electron chi connectivity index (χ2n) is 6.16. The molecule has 26 heavy (non-hydrogen) atoms. The molecule has 142 valence electrons. The van der Waals surface area contributed by atoms with Gasteiger partial charge in [-0.2, -0.15) is 13.2 Å². The highest BCUT2D eigenvalue weighted by Crippen LogP contribution is 2.36. The zero-order valence-electron chi connectivity index (χ0n) is 13.9. The van der Waals surface area contributed by atoms with E-state index < -0.39 is 24.7 Å². The fourth-order valence-corrected chi connectivity index (χ4v) is 3.39. The summed E-state index contributed by atoms with van der Waals surface area (Å²) in [6.07, 6.45) is -1.29. The van der Waals surface area contributed by atoms with Crippen molar-refractivity contribution in [3.63, 3.8) is 0 Å². The second kappa shape index (κ2) is 7.22. The van der Waals surface area contributed by atoms with E-state index in [1.54, 1.807) is 19.1 Å². The van der Waals surface area contributed by atoms with Gasteiger partial charge >= 0.3 is 6.18 Å². The number of alkyl halides is 3. The molecule has 2 N–H and O–H groups in total. The van der Waals surface area contributed by atoms with Crippen molar-refractivity contribution in [2.45, 2.75) is 37.1 Å². The highest BCUT2D eigenvalue weighted by molar-refractivity contribution is 7.99. The number of nitrogens with zero attached hydrogens (tertiary/aromatic N) is 4. The van der Waals surface area contributed by atoms with Gasteiger partial charge in [0, 0.05) is 6.04 Å². The lowest BCUT2D eigenvalue weighted by molar-refractivity contribution is -0.164. The maximum Gasteiger partial charge on any atom is 0.406 e. The maximum atomic E-state index is 12.8. The minimum atomic E-state index is -4.44. The number of amides is 1. The second-order valence-corrected chi connectivity index (χ2v) is 7.10. The Kier molecular flexibility index (Phi) is 5.17. The molecule has 11 heteroatoms. The third-order valence-electron chi connectivity index (χ3n) is 4.20. The van der Waals surface area contributed by atoms with Crippen molar-refractivity contribution in [3.05, 3.63) is 18.4 Å². The summed E-state index contributed by atoms with van der Waals surface area (Å²) >= 11 is 0.941. The molecule has 0 bridgehead atoms. The van der Waals surface area contributed by atoms with Gasteiger partial charge in [-0.25, -0.2) is 4.68 Å². The minimum Gasteiger partial charge on any atom is -0.461 e. The summed E-state index contributed by atoms with van der Waals surface area (Å²) < 4.78 is 44.9. The average molecular weight is 389 g/mol. The van der Waals surface area contributed by atoms with Crippen LogP contribution in [0.15, 0.2) is 28.0 Å². The summed E-state index contributed by atoms with van der Waals surface area (Å²) in [6.45, 7) is 0.406. The van der Waals surface area contributed by atoms with Crippen LogP contribution in [0.4, 0.5) is 13.2 Å². The number of carbonyl (C=O) groups is 1. The van der Waals surface area contributed by atoms with Crippen LogP contribution in [0.3, 0.4) is 0 Å². The zero-order chi connectivity index (χ0) is 18.9. The van der Waals surface area contributed by atoms with Gasteiger partial charge in [0.25, 0.3) is 0 Å². The van der Waals surface area contributed by atoms with Crippen molar-refractivity contribution in [2.24, 2.45) is 5.92 Å². The number of nitrogen functional groups attached to an aromatic ring is 1. The molecule has 0 radical (unpaired) electrons. The van der Waals surface area contributed by atoms with Crippen molar-refractivity contribution >= 4 is 17.7 Å². The van der Waals surface area contributed by atoms with Crippen LogP contribution in [0.1, 0.15) is 19.8 Å². The summed E-state index contributed by atoms with van der Waals surface area (Å²) in [5, 5.41) is 7.97. The third-order valence-corrected chi connectivity index (χ3v) is 5.12. The van der Waals surface area contributed by atoms with E-state index in [4.69, 9.17) is 10.3 Å². The Bertz CT molecular complexity index is 758. The highest BCUT2D eigenvalue weighted by atomic mass is 32.2. The lowest BCUT2D eigenvalue weighted by Gasteiger charge is -2.30. The lowest BCUT2D eigenvalue weighted by Crippen LogP contribution is -2.46. The van der Waals surface area contributed by atoms with Crippen LogP contribution < -0.4 is 5.84 Å². The molecule has 7 nitrogen and oxygen atoms in total. The van der Waals surface area contributed by atoms with Crippen LogP contribution in [-0.4, -0.2) is 50.2 Å². The first kappa shape index (κ1) is 18.6. The van der Waals surface area contributed by atoms with Gasteiger partial charge in [-0.05, 0) is 37.8 Å². The number of hydrogen-bond donors (Lipinski definition) is 1. The molecule has 2 aromatic rings. The SMILES string of the molecule is C[C@H](C1CC1)N(CC(F)(F)F)C(=O)CSc1nnc(-c2ccco2)n1N. The summed E-state index contributed by atoms with van der Waals surface area (Å²) in [4.78, 5) is 13.3. The van der Waals surface area contributed by atoms with E-state index in [0.717, 1.165) is 34.2 Å². The number of rotatable bonds is 7. The minimum absolute atomic E-state index is 0.134. The number of halogens is 3. The first-order valence-electron chi connectivity index (χ1n) is 7.99. The number of nitrogens with two attached hydrogens (primary N) is 1. The summed E-state index contributed by atoms with van der Waals surface area (Å²) in [5.41, 5.74) is 0. The standard InChI is InChI=1S/C15H18F3N5O2S/c1-9(10-4-5-10)22(8-15(16,17)18)12(24)7-26-14-21-20-13(23(14)19)11-3-2-6-25-11/h2-3,6,9-10H,4-5,7-8,19H2,1H3/t9-/m1/s1. The molecule has 0 aromatic carbocycles. The predicted molar refractivity (Wildman–Crippen MR) is 88.6 cm³/mol. The van der Waals surface area contributed by atoms with Crippen LogP contribution in [0.2, 0.25) is 0 Å². The largest absolute Gasteiger partial charge is 0.461 e. The van der Waals surface area contributed by atoms with E-state index in [0.29, 0.717) is 5.76 Å². The Hall–Kier alpha value is -2.17. The highest BCUT2D eigenvalue weighted by Gasteiger charge is 2.40. The van der Waals surface area contributed by atoms with E-state index in [-0.39, 0.29) is 22.7 Å². The normalized spacial score (nSPS) is 15.8. The van der Waals surface area contributed by atoms with Gasteiger partial charge < -0.3 is 15.2 Å². The number of carbonyl (C=O) groups excluding carboxylic acids is 1. The summed E-state index contributed by atoms with van der Waals surface area (Å²) in [5.74, 6) is 5.88. The number of furan rings is 1. The molecule has 0 saturated heterocycles. The molecule has 3 rings (SSSR count). The molecular formula is C15H18F3N5O2S. The molecule has 1 aliphatic rings. The van der Waals surface area contributed by atoms with E-state index in [9.17, 15) is 18.0 Å². The van der Waals surface area contributed by atoms with E-state index >= 15 is 0 Å². The maximum absolute atomic E-state index is 12.8. The van der Waals surface area contributed by atoms with Gasteiger partial charge in [-0.15, -0.1) is 10.2 Å². The summed E-state index contributed by atoms with van der Waals surface area (Å²) in [7, 11) is 0. The fraction of sp³-hybridized carbons (Fsp3) is 0.533. The summed E-state index contributed by atoms with van der Waals surface area (Å²) in [6, 6.07) is 2.86. The first-order valence-corrected chi connectivity index (χ1v) is 8.98. The van der Waals surface area contributed by atoms with Gasteiger partial charge in [0.2, 0.25) is 16.9 Å². The van der Waals surface area contributed by atoms with Crippen LogP contribution in [0.25, 0.3) is 11.6 Å². The molecule has 1 aliphatic carbocycles. The van der Waals surface area contributed by atoms with Gasteiger partial charge in [-0.1, -0.05) is 11.8 Å². The van der Waals surface area contributed by atoms with Gasteiger partial charge in [0.1, 0.15) is 6.54 Å². The fourth-order valence-electron chi connectivity index (χ4n) is 2.64. The molecule has 1 fully saturated rings. The Labute approximate surface area is 151 Å². The first-order chi connectivity index (χ1) is 12.3. The monoisotopic (exact) mass is 389 g/mol. The van der Waals surface area contributed by atoms with Crippen LogP contribution in [0.5, 0.6) is 0 Å². The Balaban J connectivity index is 1.66. The molecule has 0 spiro atoms. The zero-order valence-corrected chi connectivity index (χ0v) is 14.8. The van der Waals surface area contributed by atoms with Crippen LogP contribution in [0, 0.1) is 5.92 Å². The molecule has 2 heterocycles. The van der Waals surface area contributed by atoms with Crippen molar-refractivity contribution in [2.75, 3.05) is 18.1 Å². The molecule has 2 aromatic heterocycles. The topological polar surface area (TPSA) is 90.2 Å². The third kappa shape index (κ3) is 4.32. The van der Waals surface area contributed by atoms with Crippen LogP contribution >= 0.6 is 11.8 Å². The van der Waals surface area contributed by atoms with E-state index in [1.165, 1.54) is 6.26 Å². The smallest absolute Gasteiger partial charge is 0.406 e. The quantitative estimate of drug-likeness (QED) is 0.578. The van der Waals surface area contributed by atoms with Gasteiger partial charge in [0.05, 0.1) is 12.0 Å². The molecule has 1 amide bonds. The molecule has 0 aliphatic heterocycles. The van der Waals surface area contributed by atoms with Gasteiger partial charge in [-0.3, -0.25) is 4.79 Å². The molecule has 1 atom stereocenters. The van der Waals surface area contributed by atoms with Crippen molar-refractivity contribution in [1.82, 2.24) is 19.8 Å². The van der Waals surface area contributed by atoms with Crippen LogP contribution in [-0.2, 0) is 4.79 Å². The molecular weight excluding hydrogens is 371 g/mol. The van der Waals surface area contributed by atoms with E-state index in [1.807, 2.05) is 0 Å². The number of hydrogen-bond acceptors (Lipinski definition) is 6. The Morgan fingerprint density at radius 2 is 2.23 bits per heavy atom. The average Bonchev–Trinajstić information content (AvgIpc) is 3.16. The lowest BCUT2D eigenvalue weighted by atomic mass is 10.2. The van der Waals surface area contributed by atoms with Gasteiger partial charge in [0.15, 0.2) is 5.76 Å². The van der Waals surface area contributed by atoms with Crippen molar-refractivity contribution in [1.29, 1.82) is 0 Å². The van der Waals surface area contributed by atoms with E-state index in [2.05, 4.69) is 10.2 Å². The molecule has 0 unspecified atom stereocenters. The number of aromatic nitrogens is 3. The Morgan fingerprint density at radius 3 is 2.81 bits per heavy atom. The van der Waals surface area contributed by atoms with Crippen molar-refractivity contribution < 1.29 is 22.4 Å². The number of thioether (sulfide) groups is 1.